The lowest BCUT2D eigenvalue weighted by Gasteiger charge is -2.36. The second-order valence-electron chi connectivity index (χ2n) is 9.10. The maximum absolute atomic E-state index is 13.8. The fourth-order valence-corrected chi connectivity index (χ4v) is 7.25. The van der Waals surface area contributed by atoms with E-state index >= 15 is 0 Å². The van der Waals surface area contributed by atoms with Crippen LogP contribution < -0.4 is 9.64 Å². The Morgan fingerprint density at radius 2 is 1.94 bits per heavy atom. The number of thioether (sulfide) groups is 1. The molecule has 198 valence electrons. The molecule has 0 aliphatic carbocycles. The third-order valence-electron chi connectivity index (χ3n) is 6.68. The monoisotopic (exact) mass is 539 g/mol. The van der Waals surface area contributed by atoms with E-state index in [1.54, 1.807) is 18.2 Å². The number of carbonyl (C=O) groups excluding carboxylic acids is 1. The molecular formula is C26H34FNO6S2. The largest absolute Gasteiger partial charge is 0.489 e. The molecule has 1 aliphatic heterocycles. The number of fused-ring (bicyclic) bond motifs is 1. The molecule has 0 amide bonds. The Bertz CT molecular complexity index is 1170. The molecule has 1 N–H and O–H groups in total. The molecule has 1 aliphatic rings. The van der Waals surface area contributed by atoms with Crippen LogP contribution in [0.3, 0.4) is 0 Å². The molecular weight excluding hydrogens is 505 g/mol. The quantitative estimate of drug-likeness (QED) is 0.334. The van der Waals surface area contributed by atoms with Gasteiger partial charge in [-0.1, -0.05) is 26.7 Å². The third kappa shape index (κ3) is 6.15. The first-order chi connectivity index (χ1) is 17.1. The third-order valence-corrected chi connectivity index (χ3v) is 9.43. The molecule has 2 aromatic carbocycles. The van der Waals surface area contributed by atoms with Crippen molar-refractivity contribution in [1.29, 1.82) is 0 Å². The predicted molar refractivity (Wildman–Crippen MR) is 139 cm³/mol. The van der Waals surface area contributed by atoms with E-state index in [1.807, 2.05) is 18.1 Å². The zero-order valence-corrected chi connectivity index (χ0v) is 22.8. The molecule has 0 bridgehead atoms. The number of esters is 1. The van der Waals surface area contributed by atoms with Crippen molar-refractivity contribution in [3.05, 3.63) is 42.2 Å². The van der Waals surface area contributed by atoms with Crippen molar-refractivity contribution in [3.8, 4) is 5.75 Å². The Labute approximate surface area is 216 Å². The van der Waals surface area contributed by atoms with Gasteiger partial charge in [0.25, 0.3) is 0 Å². The lowest BCUT2D eigenvalue weighted by molar-refractivity contribution is -0.151. The average molecular weight is 540 g/mol. The molecule has 7 nitrogen and oxygen atoms in total. The zero-order chi connectivity index (χ0) is 26.5. The second-order valence-corrected chi connectivity index (χ2v) is 11.9. The number of anilines is 2. The van der Waals surface area contributed by atoms with Crippen molar-refractivity contribution in [3.63, 3.8) is 0 Å². The van der Waals surface area contributed by atoms with E-state index in [2.05, 4.69) is 11.7 Å². The van der Waals surface area contributed by atoms with Gasteiger partial charge in [0, 0.05) is 23.7 Å². The number of hydrogen-bond acceptors (Lipinski definition) is 8. The van der Waals surface area contributed by atoms with E-state index in [9.17, 15) is 22.7 Å². The van der Waals surface area contributed by atoms with E-state index in [1.165, 1.54) is 30.0 Å². The molecule has 0 unspecified atom stereocenters. The molecule has 0 saturated carbocycles. The van der Waals surface area contributed by atoms with Crippen molar-refractivity contribution in [2.24, 2.45) is 5.41 Å². The number of hydrogen-bond donors (Lipinski definition) is 1. The van der Waals surface area contributed by atoms with Crippen LogP contribution in [0.4, 0.5) is 15.8 Å². The van der Waals surface area contributed by atoms with E-state index in [-0.39, 0.29) is 28.8 Å². The number of unbranched alkanes of at least 4 members (excludes halogenated alkanes) is 1. The minimum absolute atomic E-state index is 0.0238. The molecule has 36 heavy (non-hydrogen) atoms. The fourth-order valence-electron chi connectivity index (χ4n) is 4.53. The maximum Gasteiger partial charge on any atom is 0.338 e. The Kier molecular flexibility index (Phi) is 9.29. The molecule has 0 spiro atoms. The highest BCUT2D eigenvalue weighted by Gasteiger charge is 2.42. The number of nitrogens with zero attached hydrogens (tertiary/aromatic N) is 1. The van der Waals surface area contributed by atoms with E-state index in [4.69, 9.17) is 4.74 Å². The van der Waals surface area contributed by atoms with Gasteiger partial charge in [0.05, 0.1) is 28.3 Å². The predicted octanol–water partition coefficient (Wildman–Crippen LogP) is 4.97. The summed E-state index contributed by atoms with van der Waals surface area (Å²) in [5, 5.41) is 9.96. The van der Waals surface area contributed by atoms with Gasteiger partial charge < -0.3 is 19.5 Å². The van der Waals surface area contributed by atoms with Gasteiger partial charge in [-0.05, 0) is 49.4 Å². The highest BCUT2D eigenvalue weighted by molar-refractivity contribution is 7.98. The van der Waals surface area contributed by atoms with Crippen molar-refractivity contribution >= 4 is 38.9 Å². The van der Waals surface area contributed by atoms with Crippen molar-refractivity contribution in [2.75, 3.05) is 37.2 Å². The van der Waals surface area contributed by atoms with Gasteiger partial charge in [-0.2, -0.15) is 0 Å². The lowest BCUT2D eigenvalue weighted by atomic mass is 9.81. The number of aliphatic hydroxyl groups excluding tert-OH is 1. The summed E-state index contributed by atoms with van der Waals surface area (Å²) < 4.78 is 51.7. The number of carbonyl (C=O) groups is 1. The summed E-state index contributed by atoms with van der Waals surface area (Å²) in [6.45, 7) is 4.19. The first kappa shape index (κ1) is 28.3. The molecule has 3 rings (SSSR count). The van der Waals surface area contributed by atoms with Crippen LogP contribution in [0.25, 0.3) is 0 Å². The van der Waals surface area contributed by atoms with Gasteiger partial charge in [0.1, 0.15) is 18.2 Å². The van der Waals surface area contributed by atoms with Gasteiger partial charge in [0.2, 0.25) is 0 Å². The Morgan fingerprint density at radius 3 is 2.53 bits per heavy atom. The zero-order valence-electron chi connectivity index (χ0n) is 21.1. The Balaban J connectivity index is 2.17. The molecule has 10 heteroatoms. The normalized spacial score (nSPS) is 19.8. The standard InChI is InChI=1S/C26H34FNO6S2/c1-5-7-12-26(6-2)16-28(19-10-8-18(27)9-11-19)20-13-23(35-4)22(14-24(20)36(31,32)17-26)34-15-21(29)25(30)33-3/h8-11,13-14,21,29H,5-7,12,15-17H2,1-4H3/t21-,26+/m1/s1. The van der Waals surface area contributed by atoms with Gasteiger partial charge >= 0.3 is 5.97 Å². The van der Waals surface area contributed by atoms with Crippen LogP contribution in [0, 0.1) is 11.2 Å². The highest BCUT2D eigenvalue weighted by atomic mass is 32.2. The molecule has 1 heterocycles. The number of sulfone groups is 1. The summed E-state index contributed by atoms with van der Waals surface area (Å²) in [6.07, 6.45) is 3.58. The minimum Gasteiger partial charge on any atom is -0.489 e. The molecule has 0 aromatic heterocycles. The topological polar surface area (TPSA) is 93.1 Å². The van der Waals surface area contributed by atoms with E-state index in [0.29, 0.717) is 29.2 Å². The maximum atomic E-state index is 13.8. The summed E-state index contributed by atoms with van der Waals surface area (Å²) in [4.78, 5) is 14.3. The summed E-state index contributed by atoms with van der Waals surface area (Å²) in [5.74, 6) is -0.977. The molecule has 2 atom stereocenters. The summed E-state index contributed by atoms with van der Waals surface area (Å²) >= 11 is 1.36. The molecule has 2 aromatic rings. The average Bonchev–Trinajstić information content (AvgIpc) is 2.97. The highest BCUT2D eigenvalue weighted by Crippen LogP contribution is 2.47. The summed E-state index contributed by atoms with van der Waals surface area (Å²) in [7, 11) is -2.58. The molecule has 0 radical (unpaired) electrons. The second kappa shape index (κ2) is 11.8. The fraction of sp³-hybridized carbons (Fsp3) is 0.500. The van der Waals surface area contributed by atoms with Gasteiger partial charge in [-0.3, -0.25) is 0 Å². The first-order valence-corrected chi connectivity index (χ1v) is 14.8. The number of ether oxygens (including phenoxy) is 2. The van der Waals surface area contributed by atoms with Crippen molar-refractivity contribution < 1.29 is 32.2 Å². The summed E-state index contributed by atoms with van der Waals surface area (Å²) in [6, 6.07) is 9.29. The van der Waals surface area contributed by atoms with E-state index < -0.39 is 27.3 Å². The van der Waals surface area contributed by atoms with Gasteiger partial charge in [0.15, 0.2) is 15.9 Å². The van der Waals surface area contributed by atoms with Crippen LogP contribution in [0.1, 0.15) is 39.5 Å². The minimum atomic E-state index is -3.74. The van der Waals surface area contributed by atoms with Gasteiger partial charge in [-0.25, -0.2) is 17.6 Å². The molecule has 0 saturated heterocycles. The number of methoxy groups -OCH3 is 1. The Morgan fingerprint density at radius 1 is 1.25 bits per heavy atom. The van der Waals surface area contributed by atoms with Crippen LogP contribution in [0.5, 0.6) is 5.75 Å². The van der Waals surface area contributed by atoms with Gasteiger partial charge in [-0.15, -0.1) is 11.8 Å². The number of rotatable bonds is 10. The van der Waals surface area contributed by atoms with Crippen molar-refractivity contribution in [1.82, 2.24) is 0 Å². The van der Waals surface area contributed by atoms with Crippen LogP contribution >= 0.6 is 11.8 Å². The van der Waals surface area contributed by atoms with Crippen LogP contribution in [0.15, 0.2) is 46.2 Å². The lowest BCUT2D eigenvalue weighted by Crippen LogP contribution is -2.37. The van der Waals surface area contributed by atoms with Crippen LogP contribution in [-0.4, -0.2) is 57.9 Å². The number of benzene rings is 2. The van der Waals surface area contributed by atoms with Crippen molar-refractivity contribution in [2.45, 2.75) is 55.4 Å². The number of halogens is 1. The Hall–Kier alpha value is -2.30. The van der Waals surface area contributed by atoms with Crippen LogP contribution in [0.2, 0.25) is 0 Å². The molecule has 0 fully saturated rings. The first-order valence-electron chi connectivity index (χ1n) is 12.0. The van der Waals surface area contributed by atoms with E-state index in [0.717, 1.165) is 26.4 Å². The summed E-state index contributed by atoms with van der Waals surface area (Å²) in [5.41, 5.74) is 0.703. The smallest absolute Gasteiger partial charge is 0.338 e. The SMILES string of the molecule is CCCC[C@@]1(CC)CN(c2ccc(F)cc2)c2cc(SC)c(OC[C@@H](O)C(=O)OC)cc2S(=O)(=O)C1. The van der Waals surface area contributed by atoms with Crippen LogP contribution in [-0.2, 0) is 19.4 Å². The number of aliphatic hydroxyl groups is 1.